The Morgan fingerprint density at radius 1 is 1.31 bits per heavy atom. The molecule has 1 atom stereocenters. The van der Waals surface area contributed by atoms with Gasteiger partial charge in [0.25, 0.3) is 0 Å². The van der Waals surface area contributed by atoms with Crippen molar-refractivity contribution in [3.8, 4) is 0 Å². The van der Waals surface area contributed by atoms with Gasteiger partial charge in [-0.3, -0.25) is 0 Å². The molecular weight excluding hydrogens is 266 g/mol. The van der Waals surface area contributed by atoms with Crippen molar-refractivity contribution in [3.05, 3.63) is 34.3 Å². The van der Waals surface area contributed by atoms with Gasteiger partial charge in [-0.15, -0.1) is 0 Å². The highest BCUT2D eigenvalue weighted by atomic mass is 79.9. The summed E-state index contributed by atoms with van der Waals surface area (Å²) in [7, 11) is 1.75. The number of benzene rings is 1. The molecule has 0 spiro atoms. The minimum Gasteiger partial charge on any atom is -0.383 e. The second-order valence-corrected chi connectivity index (χ2v) is 4.79. The average molecular weight is 286 g/mol. The fraction of sp³-hybridized carbons (Fsp3) is 0.538. The Balaban J connectivity index is 2.38. The molecule has 0 aromatic heterocycles. The molecule has 1 N–H and O–H groups in total. The highest BCUT2D eigenvalue weighted by Crippen LogP contribution is 2.12. The largest absolute Gasteiger partial charge is 0.383 e. The van der Waals surface area contributed by atoms with Gasteiger partial charge in [0.1, 0.15) is 0 Å². The molecule has 0 saturated carbocycles. The van der Waals surface area contributed by atoms with Gasteiger partial charge in [-0.05, 0) is 37.1 Å². The van der Waals surface area contributed by atoms with Crippen LogP contribution in [-0.4, -0.2) is 26.3 Å². The molecular formula is C13H20BrNO. The first-order valence-electron chi connectivity index (χ1n) is 5.73. The molecule has 1 aromatic carbocycles. The summed E-state index contributed by atoms with van der Waals surface area (Å²) in [6.45, 7) is 3.90. The van der Waals surface area contributed by atoms with Gasteiger partial charge in [-0.25, -0.2) is 0 Å². The molecule has 16 heavy (non-hydrogen) atoms. The van der Waals surface area contributed by atoms with Gasteiger partial charge >= 0.3 is 0 Å². The second-order valence-electron chi connectivity index (χ2n) is 3.88. The zero-order chi connectivity index (χ0) is 11.8. The van der Waals surface area contributed by atoms with E-state index in [9.17, 15) is 0 Å². The molecule has 90 valence electrons. The van der Waals surface area contributed by atoms with Crippen LogP contribution in [0.3, 0.4) is 0 Å². The van der Waals surface area contributed by atoms with Crippen LogP contribution in [0.15, 0.2) is 28.7 Å². The quantitative estimate of drug-likeness (QED) is 0.832. The molecule has 0 aliphatic rings. The molecule has 0 aliphatic carbocycles. The van der Waals surface area contributed by atoms with Gasteiger partial charge in [-0.2, -0.15) is 0 Å². The summed E-state index contributed by atoms with van der Waals surface area (Å²) in [6, 6.07) is 8.97. The molecule has 0 saturated heterocycles. The summed E-state index contributed by atoms with van der Waals surface area (Å²) in [4.78, 5) is 0. The first-order valence-corrected chi connectivity index (χ1v) is 6.52. The van der Waals surface area contributed by atoms with E-state index in [0.717, 1.165) is 30.5 Å². The van der Waals surface area contributed by atoms with Crippen LogP contribution in [0.4, 0.5) is 0 Å². The number of likely N-dealkylation sites (N-methyl/N-ethyl adjacent to an activating group) is 1. The number of aryl methyl sites for hydroxylation is 1. The Labute approximate surface area is 107 Å². The molecule has 0 heterocycles. The Morgan fingerprint density at radius 3 is 2.56 bits per heavy atom. The van der Waals surface area contributed by atoms with Crippen molar-refractivity contribution in [2.45, 2.75) is 25.8 Å². The number of hydrogen-bond donors (Lipinski definition) is 1. The van der Waals surface area contributed by atoms with E-state index in [1.165, 1.54) is 5.56 Å². The minimum absolute atomic E-state index is 0.457. The number of hydrogen-bond acceptors (Lipinski definition) is 2. The molecule has 0 fully saturated rings. The van der Waals surface area contributed by atoms with Crippen LogP contribution in [0.25, 0.3) is 0 Å². The van der Waals surface area contributed by atoms with Crippen LogP contribution in [0, 0.1) is 0 Å². The molecule has 1 aromatic rings. The zero-order valence-corrected chi connectivity index (χ0v) is 11.6. The Kier molecular flexibility index (Phi) is 6.69. The average Bonchev–Trinajstić information content (AvgIpc) is 2.29. The molecule has 0 radical (unpaired) electrons. The summed E-state index contributed by atoms with van der Waals surface area (Å²) >= 11 is 3.44. The maximum atomic E-state index is 5.19. The lowest BCUT2D eigenvalue weighted by atomic mass is 10.1. The van der Waals surface area contributed by atoms with Crippen LogP contribution in [0.1, 0.15) is 18.9 Å². The predicted octanol–water partition coefficient (Wildman–Crippen LogP) is 3.01. The predicted molar refractivity (Wildman–Crippen MR) is 71.8 cm³/mol. The number of rotatable bonds is 7. The van der Waals surface area contributed by atoms with Gasteiger partial charge in [0, 0.05) is 17.6 Å². The van der Waals surface area contributed by atoms with E-state index >= 15 is 0 Å². The standard InChI is InChI=1S/C13H20BrNO/c1-3-15-13(10-16-2)9-6-11-4-7-12(14)8-5-11/h4-5,7-8,13,15H,3,6,9-10H2,1-2H3. The number of halogens is 1. The lowest BCUT2D eigenvalue weighted by molar-refractivity contribution is 0.163. The smallest absolute Gasteiger partial charge is 0.0615 e. The van der Waals surface area contributed by atoms with Crippen molar-refractivity contribution in [2.24, 2.45) is 0 Å². The Hall–Kier alpha value is -0.380. The van der Waals surface area contributed by atoms with Crippen molar-refractivity contribution in [2.75, 3.05) is 20.3 Å². The topological polar surface area (TPSA) is 21.3 Å². The minimum atomic E-state index is 0.457. The van der Waals surface area contributed by atoms with E-state index in [-0.39, 0.29) is 0 Å². The molecule has 2 nitrogen and oxygen atoms in total. The number of methoxy groups -OCH3 is 1. The third-order valence-corrected chi connectivity index (χ3v) is 3.08. The first kappa shape index (κ1) is 13.7. The monoisotopic (exact) mass is 285 g/mol. The zero-order valence-electron chi connectivity index (χ0n) is 10.0. The van der Waals surface area contributed by atoms with Gasteiger partial charge in [0.2, 0.25) is 0 Å². The highest BCUT2D eigenvalue weighted by molar-refractivity contribution is 9.10. The maximum absolute atomic E-state index is 5.19. The van der Waals surface area contributed by atoms with Gasteiger partial charge in [0.05, 0.1) is 6.61 Å². The van der Waals surface area contributed by atoms with Gasteiger partial charge in [0.15, 0.2) is 0 Å². The van der Waals surface area contributed by atoms with Crippen LogP contribution >= 0.6 is 15.9 Å². The van der Waals surface area contributed by atoms with Crippen molar-refractivity contribution < 1.29 is 4.74 Å². The molecule has 0 bridgehead atoms. The normalized spacial score (nSPS) is 12.7. The highest BCUT2D eigenvalue weighted by Gasteiger charge is 2.06. The summed E-state index contributed by atoms with van der Waals surface area (Å²) in [5, 5.41) is 3.43. The van der Waals surface area contributed by atoms with E-state index in [1.54, 1.807) is 7.11 Å². The summed E-state index contributed by atoms with van der Waals surface area (Å²) < 4.78 is 6.33. The van der Waals surface area contributed by atoms with Crippen molar-refractivity contribution in [1.82, 2.24) is 5.32 Å². The van der Waals surface area contributed by atoms with E-state index < -0.39 is 0 Å². The Morgan fingerprint density at radius 2 is 2.00 bits per heavy atom. The van der Waals surface area contributed by atoms with E-state index in [4.69, 9.17) is 4.74 Å². The fourth-order valence-electron chi connectivity index (χ4n) is 1.73. The second kappa shape index (κ2) is 7.82. The maximum Gasteiger partial charge on any atom is 0.0615 e. The van der Waals surface area contributed by atoms with Gasteiger partial charge < -0.3 is 10.1 Å². The van der Waals surface area contributed by atoms with Gasteiger partial charge in [-0.1, -0.05) is 35.0 Å². The van der Waals surface area contributed by atoms with Crippen LogP contribution in [0.2, 0.25) is 0 Å². The fourth-order valence-corrected chi connectivity index (χ4v) is 1.99. The SMILES string of the molecule is CCNC(CCc1ccc(Br)cc1)COC. The van der Waals surface area contributed by atoms with Crippen LogP contribution in [-0.2, 0) is 11.2 Å². The van der Waals surface area contributed by atoms with E-state index in [1.807, 2.05) is 0 Å². The van der Waals surface area contributed by atoms with E-state index in [0.29, 0.717) is 6.04 Å². The van der Waals surface area contributed by atoms with Crippen molar-refractivity contribution in [1.29, 1.82) is 0 Å². The van der Waals surface area contributed by atoms with Crippen molar-refractivity contribution in [3.63, 3.8) is 0 Å². The summed E-state index contributed by atoms with van der Waals surface area (Å²) in [5.41, 5.74) is 1.38. The number of nitrogens with one attached hydrogen (secondary N) is 1. The summed E-state index contributed by atoms with van der Waals surface area (Å²) in [6.07, 6.45) is 2.21. The van der Waals surface area contributed by atoms with Crippen LogP contribution in [0.5, 0.6) is 0 Å². The van der Waals surface area contributed by atoms with Crippen molar-refractivity contribution >= 4 is 15.9 Å². The lowest BCUT2D eigenvalue weighted by Crippen LogP contribution is -2.33. The van der Waals surface area contributed by atoms with Crippen LogP contribution < -0.4 is 5.32 Å². The molecule has 0 aliphatic heterocycles. The third kappa shape index (κ3) is 5.10. The van der Waals surface area contributed by atoms with E-state index in [2.05, 4.69) is 52.4 Å². The first-order chi connectivity index (χ1) is 7.76. The molecule has 1 unspecified atom stereocenters. The third-order valence-electron chi connectivity index (χ3n) is 2.56. The number of ether oxygens (including phenoxy) is 1. The molecule has 3 heteroatoms. The molecule has 1 rings (SSSR count). The summed E-state index contributed by atoms with van der Waals surface area (Å²) in [5.74, 6) is 0. The molecule has 0 amide bonds. The lowest BCUT2D eigenvalue weighted by Gasteiger charge is -2.16. The Bertz CT molecular complexity index is 280.